The highest BCUT2D eigenvalue weighted by Gasteiger charge is 2.20. The molecule has 1 aliphatic rings. The van der Waals surface area contributed by atoms with Crippen LogP contribution in [0.2, 0.25) is 0 Å². The Morgan fingerprint density at radius 2 is 2.43 bits per heavy atom. The van der Waals surface area contributed by atoms with Gasteiger partial charge in [0.25, 0.3) is 0 Å². The fourth-order valence-corrected chi connectivity index (χ4v) is 2.99. The van der Waals surface area contributed by atoms with Gasteiger partial charge in [0.05, 0.1) is 12.5 Å². The van der Waals surface area contributed by atoms with Crippen LogP contribution in [0.15, 0.2) is 22.7 Å². The van der Waals surface area contributed by atoms with Gasteiger partial charge in [0.15, 0.2) is 0 Å². The maximum absolute atomic E-state index is 5.34. The van der Waals surface area contributed by atoms with Crippen LogP contribution >= 0.6 is 27.7 Å². The summed E-state index contributed by atoms with van der Waals surface area (Å²) in [6.07, 6.45) is 0. The summed E-state index contributed by atoms with van der Waals surface area (Å²) < 4.78 is 6.44. The lowest BCUT2D eigenvalue weighted by atomic mass is 10.2. The van der Waals surface area contributed by atoms with Gasteiger partial charge in [-0.3, -0.25) is 0 Å². The van der Waals surface area contributed by atoms with E-state index in [0.29, 0.717) is 5.37 Å². The van der Waals surface area contributed by atoms with E-state index in [2.05, 4.69) is 27.3 Å². The molecule has 1 aliphatic heterocycles. The van der Waals surface area contributed by atoms with Crippen LogP contribution in [-0.2, 0) is 0 Å². The zero-order chi connectivity index (χ0) is 9.97. The normalized spacial score (nSPS) is 21.1. The fraction of sp³-hybridized carbons (Fsp3) is 0.400. The van der Waals surface area contributed by atoms with E-state index in [1.165, 1.54) is 11.3 Å². The standard InChI is InChI=1S/C10H12BrNOS/c1-13-9-3-2-7(11)6-8(9)10-12-4-5-14-10/h2-3,6,10,12H,4-5H2,1H3. The average molecular weight is 274 g/mol. The van der Waals surface area contributed by atoms with Crippen molar-refractivity contribution in [3.8, 4) is 5.75 Å². The van der Waals surface area contributed by atoms with Gasteiger partial charge in [-0.25, -0.2) is 0 Å². The van der Waals surface area contributed by atoms with Crippen molar-refractivity contribution in [2.24, 2.45) is 0 Å². The fourth-order valence-electron chi connectivity index (χ4n) is 1.54. The minimum atomic E-state index is 0.377. The second kappa shape index (κ2) is 4.55. The lowest BCUT2D eigenvalue weighted by molar-refractivity contribution is 0.408. The molecule has 2 rings (SSSR count). The van der Waals surface area contributed by atoms with Gasteiger partial charge in [0.2, 0.25) is 0 Å². The van der Waals surface area contributed by atoms with Crippen LogP contribution in [0.5, 0.6) is 5.75 Å². The predicted molar refractivity (Wildman–Crippen MR) is 63.9 cm³/mol. The van der Waals surface area contributed by atoms with Gasteiger partial charge in [-0.1, -0.05) is 15.9 Å². The lowest BCUT2D eigenvalue weighted by Crippen LogP contribution is -2.12. The Morgan fingerprint density at radius 3 is 3.07 bits per heavy atom. The van der Waals surface area contributed by atoms with Gasteiger partial charge >= 0.3 is 0 Å². The lowest BCUT2D eigenvalue weighted by Gasteiger charge is -2.14. The molecule has 1 N–H and O–H groups in total. The molecule has 14 heavy (non-hydrogen) atoms. The minimum Gasteiger partial charge on any atom is -0.496 e. The SMILES string of the molecule is COc1ccc(Br)cc1C1NCCS1. The Labute approximate surface area is 96.5 Å². The van der Waals surface area contributed by atoms with E-state index in [-0.39, 0.29) is 0 Å². The molecule has 0 aliphatic carbocycles. The maximum atomic E-state index is 5.34. The van der Waals surface area contributed by atoms with Crippen LogP contribution in [0.25, 0.3) is 0 Å². The van der Waals surface area contributed by atoms with E-state index in [0.717, 1.165) is 16.8 Å². The van der Waals surface area contributed by atoms with Crippen LogP contribution in [0.4, 0.5) is 0 Å². The molecular formula is C10H12BrNOS. The quantitative estimate of drug-likeness (QED) is 0.896. The Bertz CT molecular complexity index is 326. The molecule has 1 unspecified atom stereocenters. The molecule has 1 saturated heterocycles. The molecule has 2 nitrogen and oxygen atoms in total. The van der Waals surface area contributed by atoms with Crippen molar-refractivity contribution in [2.45, 2.75) is 5.37 Å². The van der Waals surface area contributed by atoms with Crippen LogP contribution in [-0.4, -0.2) is 19.4 Å². The number of benzene rings is 1. The molecule has 1 aromatic carbocycles. The number of ether oxygens (including phenoxy) is 1. The zero-order valence-corrected chi connectivity index (χ0v) is 10.3. The van der Waals surface area contributed by atoms with Crippen LogP contribution < -0.4 is 10.1 Å². The summed E-state index contributed by atoms with van der Waals surface area (Å²) in [7, 11) is 1.71. The molecule has 4 heteroatoms. The van der Waals surface area contributed by atoms with E-state index in [1.807, 2.05) is 23.9 Å². The van der Waals surface area contributed by atoms with Crippen molar-refractivity contribution in [3.05, 3.63) is 28.2 Å². The summed E-state index contributed by atoms with van der Waals surface area (Å²) in [6, 6.07) is 6.12. The summed E-state index contributed by atoms with van der Waals surface area (Å²) in [4.78, 5) is 0. The number of rotatable bonds is 2. The van der Waals surface area contributed by atoms with Gasteiger partial charge in [-0.05, 0) is 18.2 Å². The van der Waals surface area contributed by atoms with E-state index >= 15 is 0 Å². The van der Waals surface area contributed by atoms with E-state index < -0.39 is 0 Å². The minimum absolute atomic E-state index is 0.377. The van der Waals surface area contributed by atoms with Crippen LogP contribution in [0.3, 0.4) is 0 Å². The second-order valence-electron chi connectivity index (χ2n) is 3.09. The smallest absolute Gasteiger partial charge is 0.124 e. The zero-order valence-electron chi connectivity index (χ0n) is 7.92. The molecule has 0 bridgehead atoms. The van der Waals surface area contributed by atoms with Crippen LogP contribution in [0, 0.1) is 0 Å². The first kappa shape index (κ1) is 10.3. The second-order valence-corrected chi connectivity index (χ2v) is 5.22. The molecule has 76 valence electrons. The third-order valence-corrected chi connectivity index (χ3v) is 3.88. The van der Waals surface area contributed by atoms with Gasteiger partial charge in [0.1, 0.15) is 5.75 Å². The van der Waals surface area contributed by atoms with Crippen molar-refractivity contribution in [2.75, 3.05) is 19.4 Å². The number of nitrogens with one attached hydrogen (secondary N) is 1. The van der Waals surface area contributed by atoms with E-state index in [1.54, 1.807) is 7.11 Å². The molecule has 0 amide bonds. The Balaban J connectivity index is 2.33. The van der Waals surface area contributed by atoms with Gasteiger partial charge < -0.3 is 10.1 Å². The molecule has 1 atom stereocenters. The number of methoxy groups -OCH3 is 1. The summed E-state index contributed by atoms with van der Waals surface area (Å²) in [5.74, 6) is 2.13. The summed E-state index contributed by atoms with van der Waals surface area (Å²) >= 11 is 5.40. The highest BCUT2D eigenvalue weighted by atomic mass is 79.9. The molecule has 0 radical (unpaired) electrons. The Kier molecular flexibility index (Phi) is 3.36. The Morgan fingerprint density at radius 1 is 1.57 bits per heavy atom. The van der Waals surface area contributed by atoms with Crippen LogP contribution in [0.1, 0.15) is 10.9 Å². The van der Waals surface area contributed by atoms with Crippen molar-refractivity contribution in [1.29, 1.82) is 0 Å². The third kappa shape index (κ3) is 2.07. The van der Waals surface area contributed by atoms with Crippen molar-refractivity contribution in [1.82, 2.24) is 5.32 Å². The molecule has 1 aromatic rings. The monoisotopic (exact) mass is 273 g/mol. The van der Waals surface area contributed by atoms with Crippen molar-refractivity contribution < 1.29 is 4.74 Å². The van der Waals surface area contributed by atoms with E-state index in [4.69, 9.17) is 4.74 Å². The highest BCUT2D eigenvalue weighted by molar-refractivity contribution is 9.10. The highest BCUT2D eigenvalue weighted by Crippen LogP contribution is 2.36. The number of halogens is 1. The number of hydrogen-bond acceptors (Lipinski definition) is 3. The maximum Gasteiger partial charge on any atom is 0.124 e. The van der Waals surface area contributed by atoms with E-state index in [9.17, 15) is 0 Å². The number of hydrogen-bond donors (Lipinski definition) is 1. The average Bonchev–Trinajstić information content (AvgIpc) is 2.70. The molecule has 1 fully saturated rings. The Hall–Kier alpha value is -0.190. The first-order valence-corrected chi connectivity index (χ1v) is 6.34. The molecule has 1 heterocycles. The number of thioether (sulfide) groups is 1. The third-order valence-electron chi connectivity index (χ3n) is 2.19. The first-order chi connectivity index (χ1) is 6.81. The summed E-state index contributed by atoms with van der Waals surface area (Å²) in [5.41, 5.74) is 1.23. The first-order valence-electron chi connectivity index (χ1n) is 4.49. The predicted octanol–water partition coefficient (Wildman–Crippen LogP) is 2.79. The largest absolute Gasteiger partial charge is 0.496 e. The molecule has 0 saturated carbocycles. The van der Waals surface area contributed by atoms with Gasteiger partial charge in [0, 0.05) is 22.3 Å². The topological polar surface area (TPSA) is 21.3 Å². The van der Waals surface area contributed by atoms with Crippen molar-refractivity contribution in [3.63, 3.8) is 0 Å². The molecule has 0 aromatic heterocycles. The molecular weight excluding hydrogens is 262 g/mol. The van der Waals surface area contributed by atoms with Gasteiger partial charge in [-0.2, -0.15) is 0 Å². The van der Waals surface area contributed by atoms with Gasteiger partial charge in [-0.15, -0.1) is 11.8 Å². The van der Waals surface area contributed by atoms with Crippen molar-refractivity contribution >= 4 is 27.7 Å². The summed E-state index contributed by atoms with van der Waals surface area (Å²) in [6.45, 7) is 1.07. The molecule has 0 spiro atoms. The summed E-state index contributed by atoms with van der Waals surface area (Å²) in [5, 5.41) is 3.81.